The molecule has 1 aliphatic carbocycles. The van der Waals surface area contributed by atoms with Gasteiger partial charge < -0.3 is 9.47 Å². The van der Waals surface area contributed by atoms with Gasteiger partial charge in [-0.2, -0.15) is 0 Å². The van der Waals surface area contributed by atoms with E-state index in [4.69, 9.17) is 9.47 Å². The zero-order chi connectivity index (χ0) is 12.3. The van der Waals surface area contributed by atoms with Gasteiger partial charge in [0.1, 0.15) is 6.61 Å². The first kappa shape index (κ1) is 12.0. The van der Waals surface area contributed by atoms with Crippen LogP contribution in [0.5, 0.6) is 5.75 Å². The van der Waals surface area contributed by atoms with Crippen molar-refractivity contribution < 1.29 is 18.7 Å². The van der Waals surface area contributed by atoms with Crippen LogP contribution in [0.1, 0.15) is 29.6 Å². The maximum atomic E-state index is 13.4. The number of rotatable bonds is 5. The molecule has 0 atom stereocenters. The number of ether oxygens (including phenoxy) is 2. The lowest BCUT2D eigenvalue weighted by Crippen LogP contribution is -2.24. The number of ketones is 1. The molecule has 0 aromatic heterocycles. The molecule has 1 aliphatic rings. The highest BCUT2D eigenvalue weighted by Crippen LogP contribution is 2.22. The number of carbonyl (C=O) groups is 1. The fourth-order valence-electron chi connectivity index (χ4n) is 1.65. The second-order valence-corrected chi connectivity index (χ2v) is 4.14. The molecule has 0 saturated heterocycles. The first-order valence-corrected chi connectivity index (χ1v) is 5.69. The maximum Gasteiger partial charge on any atom is 0.188 e. The highest BCUT2D eigenvalue weighted by Gasteiger charge is 2.19. The Balaban J connectivity index is 1.95. The summed E-state index contributed by atoms with van der Waals surface area (Å²) in [4.78, 5) is 11.7. The number of halogens is 1. The standard InChI is InChI=1S/C13H15FO3/c1-16-13-6-5-9(7-11(13)14)12(15)8-17-10-3-2-4-10/h5-7,10H,2-4,8H2,1H3. The lowest BCUT2D eigenvalue weighted by molar-refractivity contribution is 0.00729. The van der Waals surface area contributed by atoms with Crippen molar-refractivity contribution in [3.05, 3.63) is 29.6 Å². The second kappa shape index (κ2) is 5.27. The fraction of sp³-hybridized carbons (Fsp3) is 0.462. The molecule has 17 heavy (non-hydrogen) atoms. The molecule has 0 N–H and O–H groups in total. The summed E-state index contributed by atoms with van der Waals surface area (Å²) in [7, 11) is 1.39. The van der Waals surface area contributed by atoms with Crippen molar-refractivity contribution in [3.63, 3.8) is 0 Å². The summed E-state index contributed by atoms with van der Waals surface area (Å²) in [5, 5.41) is 0. The molecule has 0 heterocycles. The van der Waals surface area contributed by atoms with E-state index >= 15 is 0 Å². The minimum atomic E-state index is -0.526. The topological polar surface area (TPSA) is 35.5 Å². The Kier molecular flexibility index (Phi) is 3.74. The van der Waals surface area contributed by atoms with Crippen molar-refractivity contribution in [1.29, 1.82) is 0 Å². The van der Waals surface area contributed by atoms with Crippen LogP contribution in [0.25, 0.3) is 0 Å². The molecular formula is C13H15FO3. The Labute approximate surface area is 99.5 Å². The molecule has 0 bridgehead atoms. The molecular weight excluding hydrogens is 223 g/mol. The Bertz CT molecular complexity index is 413. The van der Waals surface area contributed by atoms with Crippen LogP contribution in [-0.2, 0) is 4.74 Å². The predicted molar refractivity (Wildman–Crippen MR) is 60.9 cm³/mol. The van der Waals surface area contributed by atoms with E-state index in [0.717, 1.165) is 19.3 Å². The minimum absolute atomic E-state index is 0.0242. The summed E-state index contributed by atoms with van der Waals surface area (Å²) < 4.78 is 23.5. The van der Waals surface area contributed by atoms with Crippen LogP contribution < -0.4 is 4.74 Å². The normalized spacial score (nSPS) is 15.4. The van der Waals surface area contributed by atoms with Crippen molar-refractivity contribution in [3.8, 4) is 5.75 Å². The van der Waals surface area contributed by atoms with E-state index in [9.17, 15) is 9.18 Å². The van der Waals surface area contributed by atoms with Crippen LogP contribution in [0.15, 0.2) is 18.2 Å². The van der Waals surface area contributed by atoms with E-state index in [2.05, 4.69) is 0 Å². The molecule has 0 unspecified atom stereocenters. The zero-order valence-corrected chi connectivity index (χ0v) is 9.74. The van der Waals surface area contributed by atoms with Gasteiger partial charge in [-0.05, 0) is 37.5 Å². The third kappa shape index (κ3) is 2.82. The smallest absolute Gasteiger partial charge is 0.188 e. The number of carbonyl (C=O) groups excluding carboxylic acids is 1. The SMILES string of the molecule is COc1ccc(C(=O)COC2CCC2)cc1F. The molecule has 1 aromatic rings. The summed E-state index contributed by atoms with van der Waals surface area (Å²) in [5.41, 5.74) is 0.322. The van der Waals surface area contributed by atoms with Crippen LogP contribution in [-0.4, -0.2) is 25.6 Å². The van der Waals surface area contributed by atoms with Gasteiger partial charge in [0.2, 0.25) is 0 Å². The van der Waals surface area contributed by atoms with Gasteiger partial charge in [0.25, 0.3) is 0 Å². The lowest BCUT2D eigenvalue weighted by atomic mass is 9.96. The molecule has 1 fully saturated rings. The van der Waals surface area contributed by atoms with Crippen molar-refractivity contribution >= 4 is 5.78 Å². The molecule has 0 aliphatic heterocycles. The van der Waals surface area contributed by atoms with Gasteiger partial charge in [0, 0.05) is 5.56 Å². The predicted octanol–water partition coefficient (Wildman–Crippen LogP) is 2.59. The van der Waals surface area contributed by atoms with Crippen LogP contribution in [0.3, 0.4) is 0 Å². The van der Waals surface area contributed by atoms with Gasteiger partial charge in [0.15, 0.2) is 17.3 Å². The van der Waals surface area contributed by atoms with E-state index in [1.165, 1.54) is 19.2 Å². The van der Waals surface area contributed by atoms with Gasteiger partial charge in [0.05, 0.1) is 13.2 Å². The van der Waals surface area contributed by atoms with E-state index in [1.54, 1.807) is 6.07 Å². The summed E-state index contributed by atoms with van der Waals surface area (Å²) in [6.45, 7) is 0.0242. The average molecular weight is 238 g/mol. The van der Waals surface area contributed by atoms with Crippen LogP contribution in [0, 0.1) is 5.82 Å². The van der Waals surface area contributed by atoms with Gasteiger partial charge in [-0.15, -0.1) is 0 Å². The number of Topliss-reactive ketones (excluding diaryl/α,β-unsaturated/α-hetero) is 1. The van der Waals surface area contributed by atoms with Crippen molar-refractivity contribution in [2.45, 2.75) is 25.4 Å². The molecule has 0 spiro atoms. The first-order chi connectivity index (χ1) is 8.20. The number of benzene rings is 1. The van der Waals surface area contributed by atoms with Crippen LogP contribution >= 0.6 is 0 Å². The lowest BCUT2D eigenvalue weighted by Gasteiger charge is -2.25. The summed E-state index contributed by atoms with van der Waals surface area (Å²) >= 11 is 0. The minimum Gasteiger partial charge on any atom is -0.494 e. The third-order valence-electron chi connectivity index (χ3n) is 2.98. The van der Waals surface area contributed by atoms with Crippen molar-refractivity contribution in [2.24, 2.45) is 0 Å². The summed E-state index contributed by atoms with van der Waals surface area (Å²) in [6, 6.07) is 4.19. The fourth-order valence-corrected chi connectivity index (χ4v) is 1.65. The largest absolute Gasteiger partial charge is 0.494 e. The molecule has 1 aromatic carbocycles. The second-order valence-electron chi connectivity index (χ2n) is 4.14. The summed E-state index contributed by atoms with van der Waals surface area (Å²) in [6.07, 6.45) is 3.41. The third-order valence-corrected chi connectivity index (χ3v) is 2.98. The Morgan fingerprint density at radius 1 is 1.47 bits per heavy atom. The quantitative estimate of drug-likeness (QED) is 0.740. The monoisotopic (exact) mass is 238 g/mol. The van der Waals surface area contributed by atoms with Crippen molar-refractivity contribution in [2.75, 3.05) is 13.7 Å². The molecule has 4 heteroatoms. The molecule has 1 saturated carbocycles. The Hall–Kier alpha value is -1.42. The summed E-state index contributed by atoms with van der Waals surface area (Å²) in [5.74, 6) is -0.582. The van der Waals surface area contributed by atoms with Crippen molar-refractivity contribution in [1.82, 2.24) is 0 Å². The Morgan fingerprint density at radius 2 is 2.24 bits per heavy atom. The van der Waals surface area contributed by atoms with E-state index in [1.807, 2.05) is 0 Å². The van der Waals surface area contributed by atoms with Gasteiger partial charge in [-0.1, -0.05) is 0 Å². The highest BCUT2D eigenvalue weighted by molar-refractivity contribution is 5.97. The Morgan fingerprint density at radius 3 is 2.76 bits per heavy atom. The van der Waals surface area contributed by atoms with E-state index in [-0.39, 0.29) is 24.2 Å². The van der Waals surface area contributed by atoms with Gasteiger partial charge in [-0.25, -0.2) is 4.39 Å². The van der Waals surface area contributed by atoms with E-state index < -0.39 is 5.82 Å². The molecule has 0 amide bonds. The molecule has 0 radical (unpaired) electrons. The van der Waals surface area contributed by atoms with Crippen LogP contribution in [0.4, 0.5) is 4.39 Å². The number of methoxy groups -OCH3 is 1. The maximum absolute atomic E-state index is 13.4. The molecule has 2 rings (SSSR count). The number of hydrogen-bond donors (Lipinski definition) is 0. The first-order valence-electron chi connectivity index (χ1n) is 5.69. The van der Waals surface area contributed by atoms with Gasteiger partial charge in [-0.3, -0.25) is 4.79 Å². The van der Waals surface area contributed by atoms with E-state index in [0.29, 0.717) is 5.56 Å². The average Bonchev–Trinajstić information content (AvgIpc) is 2.26. The zero-order valence-electron chi connectivity index (χ0n) is 9.74. The number of hydrogen-bond acceptors (Lipinski definition) is 3. The van der Waals surface area contributed by atoms with Gasteiger partial charge >= 0.3 is 0 Å². The van der Waals surface area contributed by atoms with Crippen LogP contribution in [0.2, 0.25) is 0 Å². The molecule has 3 nitrogen and oxygen atoms in total. The molecule has 92 valence electrons. The highest BCUT2D eigenvalue weighted by atomic mass is 19.1.